The smallest absolute Gasteiger partial charge is 0.226 e. The molecule has 0 saturated heterocycles. The zero-order valence-electron chi connectivity index (χ0n) is 12.3. The summed E-state index contributed by atoms with van der Waals surface area (Å²) in [6.07, 6.45) is 1.59. The van der Waals surface area contributed by atoms with Crippen LogP contribution in [-0.4, -0.2) is 10.9 Å². The standard InChI is InChI=1S/C18H15FN2O2/c19-15-8-4-5-13(9-15)11-20-17(22)10-16-12-23-18(21-16)14-6-2-1-3-7-14/h1-9,12H,10-11H2,(H,20,22). The van der Waals surface area contributed by atoms with E-state index in [1.54, 1.807) is 12.1 Å². The molecule has 0 bridgehead atoms. The predicted octanol–water partition coefficient (Wildman–Crippen LogP) is 3.34. The first-order valence-electron chi connectivity index (χ1n) is 7.22. The SMILES string of the molecule is O=C(Cc1coc(-c2ccccc2)n1)NCc1cccc(F)c1. The average molecular weight is 310 g/mol. The van der Waals surface area contributed by atoms with Gasteiger partial charge in [0.15, 0.2) is 0 Å². The van der Waals surface area contributed by atoms with Gasteiger partial charge in [0.25, 0.3) is 0 Å². The van der Waals surface area contributed by atoms with Crippen molar-refractivity contribution in [2.75, 3.05) is 0 Å². The second-order valence-corrected chi connectivity index (χ2v) is 5.09. The molecule has 4 nitrogen and oxygen atoms in total. The predicted molar refractivity (Wildman–Crippen MR) is 83.9 cm³/mol. The second-order valence-electron chi connectivity index (χ2n) is 5.09. The number of nitrogens with one attached hydrogen (secondary N) is 1. The van der Waals surface area contributed by atoms with E-state index in [0.717, 1.165) is 5.56 Å². The Bertz CT molecular complexity index is 800. The lowest BCUT2D eigenvalue weighted by molar-refractivity contribution is -0.120. The topological polar surface area (TPSA) is 55.1 Å². The van der Waals surface area contributed by atoms with Crippen molar-refractivity contribution in [2.45, 2.75) is 13.0 Å². The van der Waals surface area contributed by atoms with Crippen LogP contribution in [-0.2, 0) is 17.8 Å². The number of hydrogen-bond donors (Lipinski definition) is 1. The van der Waals surface area contributed by atoms with E-state index in [9.17, 15) is 9.18 Å². The molecule has 1 amide bonds. The van der Waals surface area contributed by atoms with Crippen molar-refractivity contribution in [3.05, 3.63) is 77.9 Å². The van der Waals surface area contributed by atoms with Gasteiger partial charge in [-0.3, -0.25) is 4.79 Å². The highest BCUT2D eigenvalue weighted by atomic mass is 19.1. The maximum Gasteiger partial charge on any atom is 0.226 e. The van der Waals surface area contributed by atoms with Crippen LogP contribution >= 0.6 is 0 Å². The zero-order chi connectivity index (χ0) is 16.1. The lowest BCUT2D eigenvalue weighted by atomic mass is 10.2. The quantitative estimate of drug-likeness (QED) is 0.786. The lowest BCUT2D eigenvalue weighted by Crippen LogP contribution is -2.24. The van der Waals surface area contributed by atoms with E-state index in [1.165, 1.54) is 18.4 Å². The number of hydrogen-bond acceptors (Lipinski definition) is 3. The first-order valence-corrected chi connectivity index (χ1v) is 7.22. The van der Waals surface area contributed by atoms with Crippen molar-refractivity contribution in [1.82, 2.24) is 10.3 Å². The summed E-state index contributed by atoms with van der Waals surface area (Å²) in [4.78, 5) is 16.2. The van der Waals surface area contributed by atoms with Gasteiger partial charge >= 0.3 is 0 Å². The number of carbonyl (C=O) groups excluding carboxylic acids is 1. The molecule has 0 atom stereocenters. The fourth-order valence-electron chi connectivity index (χ4n) is 2.18. The summed E-state index contributed by atoms with van der Waals surface area (Å²) in [7, 11) is 0. The Morgan fingerprint density at radius 2 is 1.96 bits per heavy atom. The fraction of sp³-hybridized carbons (Fsp3) is 0.111. The van der Waals surface area contributed by atoms with Crippen molar-refractivity contribution in [1.29, 1.82) is 0 Å². The van der Waals surface area contributed by atoms with Crippen LogP contribution in [0.5, 0.6) is 0 Å². The normalized spacial score (nSPS) is 10.5. The number of carbonyl (C=O) groups is 1. The number of aromatic nitrogens is 1. The van der Waals surface area contributed by atoms with Gasteiger partial charge in [-0.15, -0.1) is 0 Å². The molecule has 0 aliphatic carbocycles. The number of oxazole rings is 1. The highest BCUT2D eigenvalue weighted by Gasteiger charge is 2.10. The Labute approximate surface area is 133 Å². The Balaban J connectivity index is 1.57. The van der Waals surface area contributed by atoms with Crippen LogP contribution in [0.2, 0.25) is 0 Å². The summed E-state index contributed by atoms with van der Waals surface area (Å²) in [5, 5.41) is 2.74. The molecule has 1 heterocycles. The second kappa shape index (κ2) is 6.87. The minimum Gasteiger partial charge on any atom is -0.444 e. The van der Waals surface area contributed by atoms with E-state index in [2.05, 4.69) is 10.3 Å². The maximum atomic E-state index is 13.1. The van der Waals surface area contributed by atoms with E-state index >= 15 is 0 Å². The summed E-state index contributed by atoms with van der Waals surface area (Å²) in [6, 6.07) is 15.6. The maximum absolute atomic E-state index is 13.1. The van der Waals surface area contributed by atoms with Gasteiger partial charge in [0.05, 0.1) is 12.1 Å². The van der Waals surface area contributed by atoms with Gasteiger partial charge in [-0.1, -0.05) is 30.3 Å². The van der Waals surface area contributed by atoms with Crippen LogP contribution in [0.3, 0.4) is 0 Å². The molecule has 1 N–H and O–H groups in total. The molecule has 116 valence electrons. The molecule has 0 radical (unpaired) electrons. The van der Waals surface area contributed by atoms with Gasteiger partial charge in [0, 0.05) is 12.1 Å². The van der Waals surface area contributed by atoms with Gasteiger partial charge < -0.3 is 9.73 Å². The molecule has 0 aliphatic rings. The molecule has 23 heavy (non-hydrogen) atoms. The Morgan fingerprint density at radius 1 is 1.13 bits per heavy atom. The van der Waals surface area contributed by atoms with Gasteiger partial charge in [-0.2, -0.15) is 0 Å². The molecule has 0 unspecified atom stereocenters. The van der Waals surface area contributed by atoms with Crippen molar-refractivity contribution < 1.29 is 13.6 Å². The zero-order valence-corrected chi connectivity index (χ0v) is 12.3. The van der Waals surface area contributed by atoms with Crippen molar-refractivity contribution in [3.8, 4) is 11.5 Å². The molecule has 3 rings (SSSR count). The van der Waals surface area contributed by atoms with Gasteiger partial charge in [-0.05, 0) is 29.8 Å². The first kappa shape index (κ1) is 15.0. The van der Waals surface area contributed by atoms with E-state index in [1.807, 2.05) is 30.3 Å². The van der Waals surface area contributed by atoms with E-state index in [4.69, 9.17) is 4.42 Å². The average Bonchev–Trinajstić information content (AvgIpc) is 3.02. The molecular weight excluding hydrogens is 295 g/mol. The van der Waals surface area contributed by atoms with Crippen LogP contribution in [0.15, 0.2) is 65.3 Å². The summed E-state index contributed by atoms with van der Waals surface area (Å²) < 4.78 is 18.5. The Hall–Kier alpha value is -2.95. The minimum atomic E-state index is -0.319. The molecule has 5 heteroatoms. The highest BCUT2D eigenvalue weighted by Crippen LogP contribution is 2.18. The van der Waals surface area contributed by atoms with Crippen LogP contribution < -0.4 is 5.32 Å². The number of nitrogens with zero attached hydrogens (tertiary/aromatic N) is 1. The third kappa shape index (κ3) is 4.03. The summed E-state index contributed by atoms with van der Waals surface area (Å²) in [5.41, 5.74) is 2.13. The fourth-order valence-corrected chi connectivity index (χ4v) is 2.18. The van der Waals surface area contributed by atoms with Crippen LogP contribution in [0, 0.1) is 5.82 Å². The number of halogens is 1. The van der Waals surface area contributed by atoms with Crippen molar-refractivity contribution in [3.63, 3.8) is 0 Å². The van der Waals surface area contributed by atoms with Crippen LogP contribution in [0.1, 0.15) is 11.3 Å². The highest BCUT2D eigenvalue weighted by molar-refractivity contribution is 5.78. The largest absolute Gasteiger partial charge is 0.444 e. The molecule has 0 aliphatic heterocycles. The Kier molecular flexibility index (Phi) is 4.47. The molecule has 3 aromatic rings. The molecule has 0 saturated carbocycles. The summed E-state index contributed by atoms with van der Waals surface area (Å²) >= 11 is 0. The van der Waals surface area contributed by atoms with Crippen molar-refractivity contribution in [2.24, 2.45) is 0 Å². The molecule has 1 aromatic heterocycles. The molecule has 0 spiro atoms. The molecule has 0 fully saturated rings. The van der Waals surface area contributed by atoms with E-state index < -0.39 is 0 Å². The van der Waals surface area contributed by atoms with Gasteiger partial charge in [0.1, 0.15) is 12.1 Å². The third-order valence-electron chi connectivity index (χ3n) is 3.29. The minimum absolute atomic E-state index is 0.117. The lowest BCUT2D eigenvalue weighted by Gasteiger charge is -2.04. The number of rotatable bonds is 5. The van der Waals surface area contributed by atoms with Gasteiger partial charge in [-0.25, -0.2) is 9.37 Å². The number of benzene rings is 2. The summed E-state index contributed by atoms with van der Waals surface area (Å²) in [5.74, 6) is -0.0264. The molecular formula is C18H15FN2O2. The van der Waals surface area contributed by atoms with Crippen LogP contribution in [0.4, 0.5) is 4.39 Å². The monoisotopic (exact) mass is 310 g/mol. The first-order chi connectivity index (χ1) is 11.2. The summed E-state index contributed by atoms with van der Waals surface area (Å²) in [6.45, 7) is 0.278. The van der Waals surface area contributed by atoms with Crippen molar-refractivity contribution >= 4 is 5.91 Å². The molecule has 2 aromatic carbocycles. The van der Waals surface area contributed by atoms with Gasteiger partial charge in [0.2, 0.25) is 11.8 Å². The number of amides is 1. The van der Waals surface area contributed by atoms with E-state index in [0.29, 0.717) is 17.1 Å². The third-order valence-corrected chi connectivity index (χ3v) is 3.29. The Morgan fingerprint density at radius 3 is 2.74 bits per heavy atom. The van der Waals surface area contributed by atoms with Crippen LogP contribution in [0.25, 0.3) is 11.5 Å². The van der Waals surface area contributed by atoms with E-state index in [-0.39, 0.29) is 24.7 Å².